The van der Waals surface area contributed by atoms with Gasteiger partial charge in [-0.25, -0.2) is 0 Å². The first kappa shape index (κ1) is 8.02. The Morgan fingerprint density at radius 3 is 2.73 bits per heavy atom. The number of hydrogen-bond donors (Lipinski definition) is 1. The number of benzene rings is 1. The molecule has 58 valence electrons. The van der Waals surface area contributed by atoms with E-state index >= 15 is 0 Å². The van der Waals surface area contributed by atoms with Gasteiger partial charge in [0.2, 0.25) is 0 Å². The summed E-state index contributed by atoms with van der Waals surface area (Å²) in [4.78, 5) is 0. The van der Waals surface area contributed by atoms with E-state index in [-0.39, 0.29) is 6.61 Å². The van der Waals surface area contributed by atoms with Crippen LogP contribution in [-0.2, 0) is 6.61 Å². The summed E-state index contributed by atoms with van der Waals surface area (Å²) in [6.07, 6.45) is 1.78. The van der Waals surface area contributed by atoms with Gasteiger partial charge in [0.25, 0.3) is 0 Å². The summed E-state index contributed by atoms with van der Waals surface area (Å²) >= 11 is 0. The highest BCUT2D eigenvalue weighted by atomic mass is 16.3. The Balaban J connectivity index is 3.24. The van der Waals surface area contributed by atoms with E-state index in [1.54, 1.807) is 6.08 Å². The van der Waals surface area contributed by atoms with Crippen molar-refractivity contribution < 1.29 is 5.11 Å². The average Bonchev–Trinajstić information content (AvgIpc) is 2.04. The third kappa shape index (κ3) is 1.49. The summed E-state index contributed by atoms with van der Waals surface area (Å²) < 4.78 is 0. The zero-order chi connectivity index (χ0) is 8.27. The molecule has 0 saturated carbocycles. The van der Waals surface area contributed by atoms with Gasteiger partial charge in [0.15, 0.2) is 0 Å². The summed E-state index contributed by atoms with van der Waals surface area (Å²) in [5, 5.41) is 8.93. The van der Waals surface area contributed by atoms with Gasteiger partial charge >= 0.3 is 0 Å². The summed E-state index contributed by atoms with van der Waals surface area (Å²) in [7, 11) is 0. The molecule has 0 atom stereocenters. The van der Waals surface area contributed by atoms with Crippen LogP contribution < -0.4 is 0 Å². The molecule has 1 heteroatoms. The fourth-order valence-electron chi connectivity index (χ4n) is 1.17. The first-order valence-electron chi connectivity index (χ1n) is 3.61. The van der Waals surface area contributed by atoms with E-state index in [2.05, 4.69) is 6.58 Å². The lowest BCUT2D eigenvalue weighted by molar-refractivity contribution is 0.281. The highest BCUT2D eigenvalue weighted by molar-refractivity contribution is 5.55. The third-order valence-corrected chi connectivity index (χ3v) is 1.79. The van der Waals surface area contributed by atoms with E-state index < -0.39 is 0 Å². The maximum atomic E-state index is 8.93. The first-order valence-corrected chi connectivity index (χ1v) is 3.61. The third-order valence-electron chi connectivity index (χ3n) is 1.79. The second-order valence-electron chi connectivity index (χ2n) is 2.51. The Kier molecular flexibility index (Phi) is 2.44. The lowest BCUT2D eigenvalue weighted by Crippen LogP contribution is -1.90. The molecule has 1 N–H and O–H groups in total. The molecule has 0 radical (unpaired) electrons. The van der Waals surface area contributed by atoms with Crippen molar-refractivity contribution in [2.75, 3.05) is 0 Å². The maximum Gasteiger partial charge on any atom is 0.0687 e. The SMILES string of the molecule is C=Cc1c(C)cccc1CO. The molecule has 0 saturated heterocycles. The maximum absolute atomic E-state index is 8.93. The minimum absolute atomic E-state index is 0.0863. The molecule has 0 aromatic heterocycles. The largest absolute Gasteiger partial charge is 0.392 e. The summed E-state index contributed by atoms with van der Waals surface area (Å²) in [6, 6.07) is 5.86. The molecule has 0 unspecified atom stereocenters. The van der Waals surface area contributed by atoms with Gasteiger partial charge in [-0.3, -0.25) is 0 Å². The van der Waals surface area contributed by atoms with Crippen LogP contribution in [0.3, 0.4) is 0 Å². The van der Waals surface area contributed by atoms with Crippen LogP contribution in [0.4, 0.5) is 0 Å². The number of hydrogen-bond acceptors (Lipinski definition) is 1. The normalized spacial score (nSPS) is 9.64. The van der Waals surface area contributed by atoms with Crippen molar-refractivity contribution >= 4 is 6.08 Å². The highest BCUT2D eigenvalue weighted by Gasteiger charge is 1.98. The fourth-order valence-corrected chi connectivity index (χ4v) is 1.17. The highest BCUT2D eigenvalue weighted by Crippen LogP contribution is 2.14. The van der Waals surface area contributed by atoms with Gasteiger partial charge in [0, 0.05) is 0 Å². The van der Waals surface area contributed by atoms with Crippen LogP contribution >= 0.6 is 0 Å². The van der Waals surface area contributed by atoms with Crippen molar-refractivity contribution in [2.24, 2.45) is 0 Å². The van der Waals surface area contributed by atoms with E-state index in [1.807, 2.05) is 25.1 Å². The van der Waals surface area contributed by atoms with E-state index in [0.717, 1.165) is 16.7 Å². The number of rotatable bonds is 2. The predicted octanol–water partition coefficient (Wildman–Crippen LogP) is 2.13. The molecule has 11 heavy (non-hydrogen) atoms. The van der Waals surface area contributed by atoms with E-state index in [4.69, 9.17) is 5.11 Å². The standard InChI is InChI=1S/C10H12O/c1-3-10-8(2)5-4-6-9(10)7-11/h3-6,11H,1,7H2,2H3. The van der Waals surface area contributed by atoms with E-state index in [1.165, 1.54) is 0 Å². The van der Waals surface area contributed by atoms with Crippen molar-refractivity contribution in [1.82, 2.24) is 0 Å². The lowest BCUT2D eigenvalue weighted by atomic mass is 10.0. The van der Waals surface area contributed by atoms with E-state index in [9.17, 15) is 0 Å². The van der Waals surface area contributed by atoms with Gasteiger partial charge in [0.1, 0.15) is 0 Å². The Morgan fingerprint density at radius 1 is 1.55 bits per heavy atom. The zero-order valence-electron chi connectivity index (χ0n) is 6.67. The molecular formula is C10H12O. The molecule has 0 aliphatic carbocycles. The average molecular weight is 148 g/mol. The summed E-state index contributed by atoms with van der Waals surface area (Å²) in [6.45, 7) is 5.79. The molecule has 0 aliphatic heterocycles. The Hall–Kier alpha value is -1.08. The Bertz CT molecular complexity index is 264. The van der Waals surface area contributed by atoms with Crippen LogP contribution in [0, 0.1) is 6.92 Å². The zero-order valence-corrected chi connectivity index (χ0v) is 6.67. The summed E-state index contributed by atoms with van der Waals surface area (Å²) in [5.41, 5.74) is 3.15. The molecule has 0 spiro atoms. The van der Waals surface area contributed by atoms with Gasteiger partial charge in [-0.05, 0) is 23.6 Å². The molecule has 0 heterocycles. The topological polar surface area (TPSA) is 20.2 Å². The van der Waals surface area contributed by atoms with Gasteiger partial charge in [-0.2, -0.15) is 0 Å². The van der Waals surface area contributed by atoms with Crippen LogP contribution in [0.5, 0.6) is 0 Å². The minimum Gasteiger partial charge on any atom is -0.392 e. The number of aliphatic hydroxyl groups is 1. The molecule has 0 amide bonds. The van der Waals surface area contributed by atoms with Crippen molar-refractivity contribution in [3.8, 4) is 0 Å². The van der Waals surface area contributed by atoms with Crippen LogP contribution in [-0.4, -0.2) is 5.11 Å². The van der Waals surface area contributed by atoms with Crippen molar-refractivity contribution in [3.05, 3.63) is 41.5 Å². The molecule has 1 nitrogen and oxygen atoms in total. The summed E-state index contributed by atoms with van der Waals surface area (Å²) in [5.74, 6) is 0. The molecule has 1 aromatic carbocycles. The smallest absolute Gasteiger partial charge is 0.0687 e. The van der Waals surface area contributed by atoms with Crippen molar-refractivity contribution in [2.45, 2.75) is 13.5 Å². The van der Waals surface area contributed by atoms with Gasteiger partial charge < -0.3 is 5.11 Å². The minimum atomic E-state index is 0.0863. The molecular weight excluding hydrogens is 136 g/mol. The van der Waals surface area contributed by atoms with Crippen LogP contribution in [0.15, 0.2) is 24.8 Å². The Labute approximate surface area is 67.0 Å². The first-order chi connectivity index (χ1) is 5.29. The molecule has 0 bridgehead atoms. The van der Waals surface area contributed by atoms with Crippen molar-refractivity contribution in [3.63, 3.8) is 0 Å². The second kappa shape index (κ2) is 3.35. The van der Waals surface area contributed by atoms with Gasteiger partial charge in [0.05, 0.1) is 6.61 Å². The van der Waals surface area contributed by atoms with Gasteiger partial charge in [-0.1, -0.05) is 30.9 Å². The second-order valence-corrected chi connectivity index (χ2v) is 2.51. The number of aliphatic hydroxyl groups excluding tert-OH is 1. The van der Waals surface area contributed by atoms with Crippen LogP contribution in [0.25, 0.3) is 6.08 Å². The van der Waals surface area contributed by atoms with Crippen LogP contribution in [0.2, 0.25) is 0 Å². The van der Waals surface area contributed by atoms with E-state index in [0.29, 0.717) is 0 Å². The predicted molar refractivity (Wildman–Crippen MR) is 47.2 cm³/mol. The van der Waals surface area contributed by atoms with Gasteiger partial charge in [-0.15, -0.1) is 0 Å². The van der Waals surface area contributed by atoms with Crippen LogP contribution in [0.1, 0.15) is 16.7 Å². The monoisotopic (exact) mass is 148 g/mol. The number of aryl methyl sites for hydroxylation is 1. The molecule has 1 aromatic rings. The van der Waals surface area contributed by atoms with Crippen molar-refractivity contribution in [1.29, 1.82) is 0 Å². The molecule has 1 rings (SSSR count). The fraction of sp³-hybridized carbons (Fsp3) is 0.200. The lowest BCUT2D eigenvalue weighted by Gasteiger charge is -2.04. The molecule has 0 aliphatic rings. The Morgan fingerprint density at radius 2 is 2.27 bits per heavy atom. The molecule has 0 fully saturated rings. The quantitative estimate of drug-likeness (QED) is 0.681.